The van der Waals surface area contributed by atoms with Crippen molar-refractivity contribution in [2.24, 2.45) is 4.99 Å². The lowest BCUT2D eigenvalue weighted by Gasteiger charge is -2.22. The number of nitrogens with one attached hydrogen (secondary N) is 1. The lowest BCUT2D eigenvalue weighted by molar-refractivity contribution is 0.414. The molecule has 5 nitrogen and oxygen atoms in total. The van der Waals surface area contributed by atoms with Crippen LogP contribution in [0.4, 0.5) is 0 Å². The molecule has 0 fully saturated rings. The van der Waals surface area contributed by atoms with Gasteiger partial charge in [0.15, 0.2) is 5.96 Å². The third kappa shape index (κ3) is 5.65. The molecule has 0 aliphatic heterocycles. The van der Waals surface area contributed by atoms with E-state index >= 15 is 0 Å². The minimum Gasteiger partial charge on any atom is -0.497 e. The molecular weight excluding hydrogens is 423 g/mol. The van der Waals surface area contributed by atoms with Crippen LogP contribution in [0.3, 0.4) is 0 Å². The van der Waals surface area contributed by atoms with Crippen LogP contribution >= 0.6 is 35.3 Å². The van der Waals surface area contributed by atoms with Gasteiger partial charge in [0.2, 0.25) is 0 Å². The SMILES string of the molecule is CN=C(NCc1scnc1C)N(C)Cc1ccc(OC)cc1.I. The van der Waals surface area contributed by atoms with E-state index in [1.807, 2.05) is 31.6 Å². The molecule has 1 N–H and O–H groups in total. The van der Waals surface area contributed by atoms with Crippen LogP contribution in [0.15, 0.2) is 34.8 Å². The highest BCUT2D eigenvalue weighted by Crippen LogP contribution is 2.13. The maximum atomic E-state index is 5.18. The minimum absolute atomic E-state index is 0. The van der Waals surface area contributed by atoms with Crippen LogP contribution in [0.2, 0.25) is 0 Å². The Balaban J connectivity index is 0.00000264. The first-order valence-electron chi connectivity index (χ1n) is 7.07. The molecule has 0 saturated carbocycles. The van der Waals surface area contributed by atoms with Gasteiger partial charge >= 0.3 is 0 Å². The third-order valence-electron chi connectivity index (χ3n) is 3.40. The summed E-state index contributed by atoms with van der Waals surface area (Å²) in [5.74, 6) is 1.73. The molecule has 0 atom stereocenters. The lowest BCUT2D eigenvalue weighted by Crippen LogP contribution is -2.38. The number of halogens is 1. The number of aryl methyl sites for hydroxylation is 1. The predicted molar refractivity (Wildman–Crippen MR) is 107 cm³/mol. The largest absolute Gasteiger partial charge is 0.497 e. The second-order valence-electron chi connectivity index (χ2n) is 4.97. The van der Waals surface area contributed by atoms with Crippen molar-refractivity contribution in [2.45, 2.75) is 20.0 Å². The van der Waals surface area contributed by atoms with E-state index in [-0.39, 0.29) is 24.0 Å². The summed E-state index contributed by atoms with van der Waals surface area (Å²) < 4.78 is 5.18. The van der Waals surface area contributed by atoms with Gasteiger partial charge in [0, 0.05) is 25.5 Å². The maximum absolute atomic E-state index is 5.18. The summed E-state index contributed by atoms with van der Waals surface area (Å²) in [6, 6.07) is 8.08. The number of aromatic nitrogens is 1. The molecule has 7 heteroatoms. The summed E-state index contributed by atoms with van der Waals surface area (Å²) >= 11 is 1.66. The van der Waals surface area contributed by atoms with Crippen LogP contribution in [-0.4, -0.2) is 37.0 Å². The highest BCUT2D eigenvalue weighted by molar-refractivity contribution is 14.0. The van der Waals surface area contributed by atoms with E-state index in [0.717, 1.165) is 30.5 Å². The lowest BCUT2D eigenvalue weighted by atomic mass is 10.2. The van der Waals surface area contributed by atoms with Crippen LogP contribution in [0, 0.1) is 6.92 Å². The van der Waals surface area contributed by atoms with Gasteiger partial charge in [0.25, 0.3) is 0 Å². The van der Waals surface area contributed by atoms with Gasteiger partial charge < -0.3 is 15.0 Å². The first-order valence-corrected chi connectivity index (χ1v) is 7.95. The Hall–Kier alpha value is -1.35. The average molecular weight is 446 g/mol. The van der Waals surface area contributed by atoms with E-state index in [4.69, 9.17) is 4.74 Å². The van der Waals surface area contributed by atoms with E-state index in [2.05, 4.69) is 32.3 Å². The first-order chi connectivity index (χ1) is 10.6. The molecule has 23 heavy (non-hydrogen) atoms. The van der Waals surface area contributed by atoms with Gasteiger partial charge in [0.05, 0.1) is 24.9 Å². The smallest absolute Gasteiger partial charge is 0.193 e. The second-order valence-corrected chi connectivity index (χ2v) is 5.91. The standard InChI is InChI=1S/C16H22N4OS.HI/c1-12-15(22-11-19-12)9-18-16(17-2)20(3)10-13-5-7-14(21-4)8-6-13;/h5-8,11H,9-10H2,1-4H3,(H,17,18);1H. The Morgan fingerprint density at radius 1 is 1.35 bits per heavy atom. The van der Waals surface area contributed by atoms with Crippen molar-refractivity contribution in [2.75, 3.05) is 21.2 Å². The summed E-state index contributed by atoms with van der Waals surface area (Å²) in [4.78, 5) is 11.9. The van der Waals surface area contributed by atoms with Gasteiger partial charge in [0.1, 0.15) is 5.75 Å². The molecule has 0 radical (unpaired) electrons. The number of guanidine groups is 1. The molecule has 2 rings (SSSR count). The van der Waals surface area contributed by atoms with Crippen LogP contribution in [0.1, 0.15) is 16.1 Å². The number of benzene rings is 1. The number of rotatable bonds is 5. The molecule has 0 amide bonds. The molecule has 2 aromatic rings. The van der Waals surface area contributed by atoms with E-state index in [1.54, 1.807) is 25.5 Å². The first kappa shape index (κ1) is 19.7. The van der Waals surface area contributed by atoms with Gasteiger partial charge in [-0.05, 0) is 24.6 Å². The quantitative estimate of drug-likeness (QED) is 0.435. The number of nitrogens with zero attached hydrogens (tertiary/aromatic N) is 3. The Kier molecular flexibility index (Phi) is 8.32. The molecule has 0 spiro atoms. The van der Waals surface area contributed by atoms with Gasteiger partial charge in [-0.2, -0.15) is 0 Å². The third-order valence-corrected chi connectivity index (χ3v) is 4.34. The van der Waals surface area contributed by atoms with Crippen molar-refractivity contribution >= 4 is 41.3 Å². The summed E-state index contributed by atoms with van der Waals surface area (Å²) in [5, 5.41) is 3.38. The van der Waals surface area contributed by atoms with E-state index < -0.39 is 0 Å². The van der Waals surface area contributed by atoms with E-state index in [0.29, 0.717) is 0 Å². The Morgan fingerprint density at radius 2 is 2.04 bits per heavy atom. The summed E-state index contributed by atoms with van der Waals surface area (Å²) in [6.45, 7) is 3.55. The highest BCUT2D eigenvalue weighted by Gasteiger charge is 2.08. The Labute approximate surface area is 158 Å². The van der Waals surface area contributed by atoms with Crippen molar-refractivity contribution in [3.05, 3.63) is 45.9 Å². The normalized spacial score (nSPS) is 10.9. The molecule has 1 heterocycles. The number of hydrogen-bond acceptors (Lipinski definition) is 4. The molecule has 1 aromatic heterocycles. The monoisotopic (exact) mass is 446 g/mol. The molecule has 0 aliphatic rings. The molecule has 1 aromatic carbocycles. The van der Waals surface area contributed by atoms with Crippen molar-refractivity contribution in [1.29, 1.82) is 0 Å². The fourth-order valence-electron chi connectivity index (χ4n) is 2.12. The van der Waals surface area contributed by atoms with Gasteiger partial charge in [-0.25, -0.2) is 4.98 Å². The Morgan fingerprint density at radius 3 is 2.57 bits per heavy atom. The highest BCUT2D eigenvalue weighted by atomic mass is 127. The van der Waals surface area contributed by atoms with Gasteiger partial charge in [-0.3, -0.25) is 4.99 Å². The number of aliphatic imine (C=N–C) groups is 1. The zero-order valence-electron chi connectivity index (χ0n) is 13.9. The van der Waals surface area contributed by atoms with Crippen molar-refractivity contribution < 1.29 is 4.74 Å². The average Bonchev–Trinajstić information content (AvgIpc) is 2.94. The molecule has 126 valence electrons. The molecule has 0 bridgehead atoms. The fourth-order valence-corrected chi connectivity index (χ4v) is 2.84. The molecular formula is C16H23IN4OS. The van der Waals surface area contributed by atoms with Crippen LogP contribution < -0.4 is 10.1 Å². The zero-order valence-corrected chi connectivity index (χ0v) is 17.0. The predicted octanol–water partition coefficient (Wildman–Crippen LogP) is 3.29. The maximum Gasteiger partial charge on any atom is 0.193 e. The molecule has 0 saturated heterocycles. The van der Waals surface area contributed by atoms with Crippen LogP contribution in [-0.2, 0) is 13.1 Å². The van der Waals surface area contributed by atoms with Crippen molar-refractivity contribution in [1.82, 2.24) is 15.2 Å². The fraction of sp³-hybridized carbons (Fsp3) is 0.375. The number of ether oxygens (including phenoxy) is 1. The van der Waals surface area contributed by atoms with Crippen molar-refractivity contribution in [3.8, 4) is 5.75 Å². The summed E-state index contributed by atoms with van der Waals surface area (Å²) in [6.07, 6.45) is 0. The van der Waals surface area contributed by atoms with Gasteiger partial charge in [-0.15, -0.1) is 35.3 Å². The van der Waals surface area contributed by atoms with Crippen LogP contribution in [0.25, 0.3) is 0 Å². The topological polar surface area (TPSA) is 49.8 Å². The number of hydrogen-bond donors (Lipinski definition) is 1. The summed E-state index contributed by atoms with van der Waals surface area (Å²) in [5.41, 5.74) is 4.15. The van der Waals surface area contributed by atoms with Crippen LogP contribution in [0.5, 0.6) is 5.75 Å². The second kappa shape index (κ2) is 9.71. The molecule has 0 aliphatic carbocycles. The van der Waals surface area contributed by atoms with E-state index in [1.165, 1.54) is 10.4 Å². The molecule has 0 unspecified atom stereocenters. The minimum atomic E-state index is 0. The van der Waals surface area contributed by atoms with Crippen molar-refractivity contribution in [3.63, 3.8) is 0 Å². The number of thiazole rings is 1. The number of methoxy groups -OCH3 is 1. The summed E-state index contributed by atoms with van der Waals surface area (Å²) in [7, 11) is 5.50. The zero-order chi connectivity index (χ0) is 15.9. The Bertz CT molecular complexity index is 627. The van der Waals surface area contributed by atoms with Gasteiger partial charge in [-0.1, -0.05) is 12.1 Å². The van der Waals surface area contributed by atoms with E-state index in [9.17, 15) is 0 Å².